The van der Waals surface area contributed by atoms with Crippen LogP contribution >= 0.6 is 0 Å². The summed E-state index contributed by atoms with van der Waals surface area (Å²) in [4.78, 5) is 0. The van der Waals surface area contributed by atoms with E-state index in [1.165, 1.54) is 108 Å². The zero-order valence-electron chi connectivity index (χ0n) is 19.2. The van der Waals surface area contributed by atoms with E-state index in [0.717, 1.165) is 0 Å². The van der Waals surface area contributed by atoms with E-state index in [-0.39, 0.29) is 0 Å². The number of benzene rings is 6. The minimum atomic E-state index is 1.40. The molecule has 0 aliphatic carbocycles. The Morgan fingerprint density at radius 2 is 0.444 bits per heavy atom. The van der Waals surface area contributed by atoms with Gasteiger partial charge in [0.1, 0.15) is 0 Å². The van der Waals surface area contributed by atoms with Gasteiger partial charge in [0, 0.05) is 0 Å². The maximum Gasteiger partial charge on any atom is -0.00136 e. The van der Waals surface area contributed by atoms with Gasteiger partial charge in [-0.15, -0.1) is 0 Å². The molecule has 11 aromatic rings. The summed E-state index contributed by atoms with van der Waals surface area (Å²) >= 11 is 0. The molecule has 0 aliphatic heterocycles. The molecule has 0 amide bonds. The van der Waals surface area contributed by atoms with Crippen LogP contribution in [0.4, 0.5) is 0 Å². The molecule has 0 heterocycles. The maximum absolute atomic E-state index is 2.47. The van der Waals surface area contributed by atoms with Gasteiger partial charge in [-0.2, -0.15) is 0 Å². The van der Waals surface area contributed by atoms with E-state index in [4.69, 9.17) is 0 Å². The molecule has 0 radical (unpaired) electrons. The maximum atomic E-state index is 2.47. The quantitative estimate of drug-likeness (QED) is 0.216. The standard InChI is InChI=1S/C36H16/c1-2-6-18-17(5-1)24-12-29-30(13-25(18)24)32-16-34-28(14-31(29)32)22-10-9-21-27-11-23-19-7-3-4-8-20(19)26(23)15-33(27)35(21)36(22)34/h1-16H. The summed E-state index contributed by atoms with van der Waals surface area (Å²) in [5, 5.41) is 28.4. The van der Waals surface area contributed by atoms with E-state index >= 15 is 0 Å². The third kappa shape index (κ3) is 1.57. The van der Waals surface area contributed by atoms with Crippen LogP contribution in [-0.2, 0) is 0 Å². The van der Waals surface area contributed by atoms with Crippen LogP contribution in [0.5, 0.6) is 0 Å². The highest BCUT2D eigenvalue weighted by Crippen LogP contribution is 2.52. The van der Waals surface area contributed by atoms with Gasteiger partial charge >= 0.3 is 0 Å². The molecule has 0 bridgehead atoms. The first-order valence-electron chi connectivity index (χ1n) is 12.8. The molecule has 0 N–H and O–H groups in total. The van der Waals surface area contributed by atoms with E-state index in [1.807, 2.05) is 0 Å². The van der Waals surface area contributed by atoms with Crippen LogP contribution in [0.1, 0.15) is 0 Å². The van der Waals surface area contributed by atoms with Crippen molar-refractivity contribution in [2.24, 2.45) is 0 Å². The van der Waals surface area contributed by atoms with E-state index in [0.29, 0.717) is 0 Å². The van der Waals surface area contributed by atoms with Gasteiger partial charge in [-0.05, 0) is 144 Å². The Kier molecular flexibility index (Phi) is 2.40. The second-order valence-corrected chi connectivity index (χ2v) is 10.8. The summed E-state index contributed by atoms with van der Waals surface area (Å²) in [5.41, 5.74) is 0. The van der Waals surface area contributed by atoms with Gasteiger partial charge < -0.3 is 0 Å². The van der Waals surface area contributed by atoms with Crippen molar-refractivity contribution in [2.75, 3.05) is 0 Å². The normalized spacial score (nSPS) is 13.6. The monoisotopic (exact) mass is 448 g/mol. The predicted octanol–water partition coefficient (Wildman–Crippen LogP) is 10.4. The molecule has 0 aromatic heterocycles. The summed E-state index contributed by atoms with van der Waals surface area (Å²) in [6.07, 6.45) is 0. The third-order valence-electron chi connectivity index (χ3n) is 9.39. The van der Waals surface area contributed by atoms with Crippen molar-refractivity contribution in [3.8, 4) is 0 Å². The molecule has 160 valence electrons. The molecule has 0 saturated heterocycles. The summed E-state index contributed by atoms with van der Waals surface area (Å²) in [6, 6.07) is 36.9. The molecule has 0 unspecified atom stereocenters. The van der Waals surface area contributed by atoms with Crippen molar-refractivity contribution < 1.29 is 0 Å². The lowest BCUT2D eigenvalue weighted by Crippen LogP contribution is -1.95. The Balaban J connectivity index is 1.23. The van der Waals surface area contributed by atoms with Crippen molar-refractivity contribution in [2.45, 2.75) is 0 Å². The summed E-state index contributed by atoms with van der Waals surface area (Å²) in [6.45, 7) is 0. The molecular weight excluding hydrogens is 432 g/mol. The Hall–Kier alpha value is -4.68. The van der Waals surface area contributed by atoms with Crippen molar-refractivity contribution in [1.29, 1.82) is 0 Å². The molecular formula is C36H16. The Morgan fingerprint density at radius 3 is 0.778 bits per heavy atom. The Bertz CT molecular complexity index is 2630. The number of hydrogen-bond donors (Lipinski definition) is 0. The van der Waals surface area contributed by atoms with E-state index < -0.39 is 0 Å². The highest BCUT2D eigenvalue weighted by Gasteiger charge is 2.23. The van der Waals surface area contributed by atoms with Gasteiger partial charge in [-0.1, -0.05) is 60.7 Å². The van der Waals surface area contributed by atoms with Crippen LogP contribution in [0.25, 0.3) is 108 Å². The summed E-state index contributed by atoms with van der Waals surface area (Å²) in [5.74, 6) is 0. The summed E-state index contributed by atoms with van der Waals surface area (Å²) in [7, 11) is 0. The molecule has 0 nitrogen and oxygen atoms in total. The van der Waals surface area contributed by atoms with Crippen molar-refractivity contribution in [1.82, 2.24) is 0 Å². The van der Waals surface area contributed by atoms with Crippen LogP contribution in [0, 0.1) is 0 Å². The fourth-order valence-corrected chi connectivity index (χ4v) is 7.65. The SMILES string of the molecule is c1ccc2c(c1)c1cc3c(cc21)c1cc2c(cc31)c1ccc3c4cc5c6ccccc6c5cc4c3c12. The van der Waals surface area contributed by atoms with E-state index in [9.17, 15) is 0 Å². The molecule has 0 spiro atoms. The fraction of sp³-hybridized carbons (Fsp3) is 0. The second kappa shape index (κ2) is 5.12. The average Bonchev–Trinajstić information content (AvgIpc) is 2.89. The second-order valence-electron chi connectivity index (χ2n) is 10.8. The topological polar surface area (TPSA) is 0 Å². The lowest BCUT2D eigenvalue weighted by Gasteiger charge is -2.24. The van der Waals surface area contributed by atoms with Crippen LogP contribution in [0.3, 0.4) is 0 Å². The first kappa shape index (κ1) is 16.9. The Labute approximate surface area is 204 Å². The van der Waals surface area contributed by atoms with Crippen LogP contribution < -0.4 is 0 Å². The molecule has 0 saturated carbocycles. The zero-order valence-corrected chi connectivity index (χ0v) is 19.2. The molecule has 36 heavy (non-hydrogen) atoms. The van der Waals surface area contributed by atoms with Gasteiger partial charge in [0.05, 0.1) is 0 Å². The van der Waals surface area contributed by atoms with E-state index in [2.05, 4.69) is 97.1 Å². The Morgan fingerprint density at radius 1 is 0.194 bits per heavy atom. The average molecular weight is 449 g/mol. The predicted molar refractivity (Wildman–Crippen MR) is 157 cm³/mol. The van der Waals surface area contributed by atoms with Gasteiger partial charge in [0.15, 0.2) is 0 Å². The molecule has 0 aliphatic rings. The lowest BCUT2D eigenvalue weighted by molar-refractivity contribution is 1.80. The molecule has 0 fully saturated rings. The first-order chi connectivity index (χ1) is 17.8. The van der Waals surface area contributed by atoms with Gasteiger partial charge in [0.25, 0.3) is 0 Å². The first-order valence-corrected chi connectivity index (χ1v) is 12.8. The van der Waals surface area contributed by atoms with Crippen molar-refractivity contribution in [3.05, 3.63) is 97.1 Å². The minimum Gasteiger partial charge on any atom is -0.0616 e. The molecule has 0 heteroatoms. The number of fused-ring (bicyclic) bond motifs is 21. The van der Waals surface area contributed by atoms with Crippen LogP contribution in [0.15, 0.2) is 97.1 Å². The minimum absolute atomic E-state index is 1.40. The molecule has 11 rings (SSSR count). The van der Waals surface area contributed by atoms with E-state index in [1.54, 1.807) is 0 Å². The van der Waals surface area contributed by atoms with Gasteiger partial charge in [-0.25, -0.2) is 0 Å². The number of hydrogen-bond acceptors (Lipinski definition) is 0. The third-order valence-corrected chi connectivity index (χ3v) is 9.39. The lowest BCUT2D eigenvalue weighted by atomic mass is 9.79. The molecule has 11 aromatic carbocycles. The van der Waals surface area contributed by atoms with Crippen molar-refractivity contribution in [3.63, 3.8) is 0 Å². The highest BCUT2D eigenvalue weighted by molar-refractivity contribution is 6.47. The van der Waals surface area contributed by atoms with Crippen molar-refractivity contribution >= 4 is 108 Å². The number of rotatable bonds is 0. The highest BCUT2D eigenvalue weighted by atomic mass is 14.3. The largest absolute Gasteiger partial charge is 0.0616 e. The van der Waals surface area contributed by atoms with Gasteiger partial charge in [-0.3, -0.25) is 0 Å². The van der Waals surface area contributed by atoms with Crippen LogP contribution in [-0.4, -0.2) is 0 Å². The summed E-state index contributed by atoms with van der Waals surface area (Å²) < 4.78 is 0. The van der Waals surface area contributed by atoms with Crippen LogP contribution in [0.2, 0.25) is 0 Å². The van der Waals surface area contributed by atoms with Gasteiger partial charge in [0.2, 0.25) is 0 Å². The zero-order chi connectivity index (χ0) is 22.9. The fourth-order valence-electron chi connectivity index (χ4n) is 7.65. The molecule has 0 atom stereocenters. The smallest absolute Gasteiger partial charge is 0.00136 e.